The molecule has 18 heavy (non-hydrogen) atoms. The molecule has 0 bridgehead atoms. The summed E-state index contributed by atoms with van der Waals surface area (Å²) < 4.78 is 6.15. The standard InChI is InChI=1S/C15H24N2O/c1-15(2,16)13-6-4-5-7-14(13)18-12-8-10-17(3)11-9-12/h4-7,12H,8-11,16H2,1-3H3. The van der Waals surface area contributed by atoms with Crippen LogP contribution in [0.5, 0.6) is 5.75 Å². The Morgan fingerprint density at radius 1 is 1.22 bits per heavy atom. The van der Waals surface area contributed by atoms with Crippen LogP contribution in [0.2, 0.25) is 0 Å². The predicted octanol–water partition coefficient (Wildman–Crippen LogP) is 2.35. The van der Waals surface area contributed by atoms with E-state index < -0.39 is 0 Å². The molecule has 0 amide bonds. The maximum Gasteiger partial charge on any atom is 0.124 e. The van der Waals surface area contributed by atoms with E-state index in [1.54, 1.807) is 0 Å². The molecule has 0 aliphatic carbocycles. The van der Waals surface area contributed by atoms with Crippen molar-refractivity contribution in [2.75, 3.05) is 20.1 Å². The smallest absolute Gasteiger partial charge is 0.124 e. The highest BCUT2D eigenvalue weighted by Crippen LogP contribution is 2.29. The molecule has 100 valence electrons. The molecule has 1 heterocycles. The van der Waals surface area contributed by atoms with Gasteiger partial charge >= 0.3 is 0 Å². The maximum atomic E-state index is 6.20. The zero-order valence-electron chi connectivity index (χ0n) is 11.6. The zero-order valence-corrected chi connectivity index (χ0v) is 11.6. The summed E-state index contributed by atoms with van der Waals surface area (Å²) in [5.41, 5.74) is 6.92. The van der Waals surface area contributed by atoms with Gasteiger partial charge in [-0.2, -0.15) is 0 Å². The number of hydrogen-bond acceptors (Lipinski definition) is 3. The molecule has 0 unspecified atom stereocenters. The lowest BCUT2D eigenvalue weighted by Crippen LogP contribution is -2.36. The van der Waals surface area contributed by atoms with E-state index in [0.717, 1.165) is 37.2 Å². The Morgan fingerprint density at radius 2 is 1.83 bits per heavy atom. The average Bonchev–Trinajstić information content (AvgIpc) is 2.31. The summed E-state index contributed by atoms with van der Waals surface area (Å²) in [7, 11) is 2.16. The van der Waals surface area contributed by atoms with E-state index in [4.69, 9.17) is 10.5 Å². The molecule has 1 aliphatic rings. The molecule has 0 saturated carbocycles. The first-order chi connectivity index (χ1) is 8.47. The second-order valence-corrected chi connectivity index (χ2v) is 5.84. The van der Waals surface area contributed by atoms with Crippen LogP contribution in [-0.2, 0) is 5.54 Å². The SMILES string of the molecule is CN1CCC(Oc2ccccc2C(C)(C)N)CC1. The fourth-order valence-corrected chi connectivity index (χ4v) is 2.38. The third kappa shape index (κ3) is 3.24. The zero-order chi connectivity index (χ0) is 13.2. The normalized spacial score (nSPS) is 18.9. The molecule has 1 saturated heterocycles. The number of benzene rings is 1. The van der Waals surface area contributed by atoms with Crippen molar-refractivity contribution < 1.29 is 4.74 Å². The lowest BCUT2D eigenvalue weighted by molar-refractivity contribution is 0.112. The molecular formula is C15H24N2O. The molecule has 0 radical (unpaired) electrons. The Morgan fingerprint density at radius 3 is 2.44 bits per heavy atom. The van der Waals surface area contributed by atoms with E-state index in [2.05, 4.69) is 18.0 Å². The minimum absolute atomic E-state index is 0.324. The van der Waals surface area contributed by atoms with Gasteiger partial charge in [0.15, 0.2) is 0 Å². The highest BCUT2D eigenvalue weighted by molar-refractivity contribution is 5.38. The topological polar surface area (TPSA) is 38.5 Å². The van der Waals surface area contributed by atoms with Crippen molar-refractivity contribution >= 4 is 0 Å². The first-order valence-electron chi connectivity index (χ1n) is 6.70. The van der Waals surface area contributed by atoms with E-state index in [9.17, 15) is 0 Å². The lowest BCUT2D eigenvalue weighted by atomic mass is 9.94. The summed E-state index contributed by atoms with van der Waals surface area (Å²) >= 11 is 0. The number of para-hydroxylation sites is 1. The number of hydrogen-bond donors (Lipinski definition) is 1. The first kappa shape index (κ1) is 13.4. The van der Waals surface area contributed by atoms with Crippen molar-refractivity contribution in [2.24, 2.45) is 5.73 Å². The molecule has 3 heteroatoms. The fourth-order valence-electron chi connectivity index (χ4n) is 2.38. The summed E-state index contributed by atoms with van der Waals surface area (Å²) in [6.45, 7) is 6.26. The molecule has 3 nitrogen and oxygen atoms in total. The van der Waals surface area contributed by atoms with Crippen molar-refractivity contribution in [3.8, 4) is 5.75 Å². The van der Waals surface area contributed by atoms with Crippen molar-refractivity contribution in [1.82, 2.24) is 4.90 Å². The second-order valence-electron chi connectivity index (χ2n) is 5.84. The van der Waals surface area contributed by atoms with Gasteiger partial charge in [0.2, 0.25) is 0 Å². The highest BCUT2D eigenvalue weighted by atomic mass is 16.5. The highest BCUT2D eigenvalue weighted by Gasteiger charge is 2.23. The lowest BCUT2D eigenvalue weighted by Gasteiger charge is -2.31. The summed E-state index contributed by atoms with van der Waals surface area (Å²) in [5.74, 6) is 0.944. The first-order valence-corrected chi connectivity index (χ1v) is 6.70. The van der Waals surface area contributed by atoms with Gasteiger partial charge in [0.05, 0.1) is 0 Å². The molecule has 0 spiro atoms. The van der Waals surface area contributed by atoms with E-state index in [1.807, 2.05) is 32.0 Å². The van der Waals surface area contributed by atoms with Gasteiger partial charge in [0.1, 0.15) is 11.9 Å². The summed E-state index contributed by atoms with van der Waals surface area (Å²) in [5, 5.41) is 0. The van der Waals surface area contributed by atoms with Crippen LogP contribution in [0.4, 0.5) is 0 Å². The molecule has 0 aromatic heterocycles. The van der Waals surface area contributed by atoms with E-state index >= 15 is 0 Å². The molecule has 2 N–H and O–H groups in total. The van der Waals surface area contributed by atoms with Crippen LogP contribution in [0.1, 0.15) is 32.3 Å². The third-order valence-electron chi connectivity index (χ3n) is 3.54. The molecular weight excluding hydrogens is 224 g/mol. The molecule has 2 rings (SSSR count). The Labute approximate surface area is 110 Å². The minimum atomic E-state index is -0.359. The number of ether oxygens (including phenoxy) is 1. The summed E-state index contributed by atoms with van der Waals surface area (Å²) in [4.78, 5) is 2.35. The van der Waals surface area contributed by atoms with Crippen molar-refractivity contribution in [2.45, 2.75) is 38.3 Å². The third-order valence-corrected chi connectivity index (χ3v) is 3.54. The number of piperidine rings is 1. The van der Waals surface area contributed by atoms with Crippen molar-refractivity contribution in [3.63, 3.8) is 0 Å². The van der Waals surface area contributed by atoms with Gasteiger partial charge in [-0.05, 0) is 39.8 Å². The van der Waals surface area contributed by atoms with Gasteiger partial charge in [0, 0.05) is 24.2 Å². The number of rotatable bonds is 3. The van der Waals surface area contributed by atoms with Gasteiger partial charge in [-0.1, -0.05) is 18.2 Å². The number of likely N-dealkylation sites (tertiary alicyclic amines) is 1. The van der Waals surface area contributed by atoms with Crippen LogP contribution in [0.25, 0.3) is 0 Å². The average molecular weight is 248 g/mol. The monoisotopic (exact) mass is 248 g/mol. The van der Waals surface area contributed by atoms with Crippen LogP contribution in [0.15, 0.2) is 24.3 Å². The largest absolute Gasteiger partial charge is 0.490 e. The van der Waals surface area contributed by atoms with E-state index in [1.165, 1.54) is 0 Å². The maximum absolute atomic E-state index is 6.20. The number of nitrogens with two attached hydrogens (primary N) is 1. The Bertz CT molecular complexity index is 390. The van der Waals surface area contributed by atoms with Crippen LogP contribution < -0.4 is 10.5 Å². The fraction of sp³-hybridized carbons (Fsp3) is 0.600. The van der Waals surface area contributed by atoms with Gasteiger partial charge in [-0.3, -0.25) is 0 Å². The van der Waals surface area contributed by atoms with Crippen LogP contribution in [-0.4, -0.2) is 31.1 Å². The van der Waals surface area contributed by atoms with Crippen LogP contribution in [0, 0.1) is 0 Å². The summed E-state index contributed by atoms with van der Waals surface area (Å²) in [6, 6.07) is 8.12. The molecule has 1 aliphatic heterocycles. The van der Waals surface area contributed by atoms with Gasteiger partial charge in [-0.15, -0.1) is 0 Å². The Balaban J connectivity index is 2.10. The van der Waals surface area contributed by atoms with E-state index in [-0.39, 0.29) is 5.54 Å². The van der Waals surface area contributed by atoms with Gasteiger partial charge in [0.25, 0.3) is 0 Å². The van der Waals surface area contributed by atoms with Gasteiger partial charge in [-0.25, -0.2) is 0 Å². The Hall–Kier alpha value is -1.06. The van der Waals surface area contributed by atoms with Crippen molar-refractivity contribution in [3.05, 3.63) is 29.8 Å². The Kier molecular flexibility index (Phi) is 3.93. The predicted molar refractivity (Wildman–Crippen MR) is 74.8 cm³/mol. The molecule has 1 aromatic rings. The summed E-state index contributed by atoms with van der Waals surface area (Å²) in [6.07, 6.45) is 2.51. The van der Waals surface area contributed by atoms with Gasteiger partial charge < -0.3 is 15.4 Å². The van der Waals surface area contributed by atoms with Crippen molar-refractivity contribution in [1.29, 1.82) is 0 Å². The van der Waals surface area contributed by atoms with Crippen LogP contribution >= 0.6 is 0 Å². The van der Waals surface area contributed by atoms with Crippen LogP contribution in [0.3, 0.4) is 0 Å². The van der Waals surface area contributed by atoms with E-state index in [0.29, 0.717) is 6.10 Å². The number of nitrogens with zero attached hydrogens (tertiary/aromatic N) is 1. The molecule has 1 aromatic carbocycles. The minimum Gasteiger partial charge on any atom is -0.490 e. The molecule has 1 fully saturated rings. The second kappa shape index (κ2) is 5.29. The molecule has 0 atom stereocenters. The quantitative estimate of drug-likeness (QED) is 0.892.